The fraction of sp³-hybridized carbons (Fsp3) is 0.389. The molecule has 4 rings (SSSR count). The number of ketones is 1. The van der Waals surface area contributed by atoms with Gasteiger partial charge in [0, 0.05) is 23.0 Å². The van der Waals surface area contributed by atoms with Crippen molar-refractivity contribution in [2.45, 2.75) is 31.5 Å². The lowest BCUT2D eigenvalue weighted by Crippen LogP contribution is -2.14. The Morgan fingerprint density at radius 3 is 2.89 bits per heavy atom. The summed E-state index contributed by atoms with van der Waals surface area (Å²) in [5.41, 5.74) is 8.32. The molecule has 4 heterocycles. The third-order valence-electron chi connectivity index (χ3n) is 5.02. The largest absolute Gasteiger partial charge is 0.383 e. The van der Waals surface area contributed by atoms with E-state index in [0.29, 0.717) is 23.0 Å². The Kier molecular flexibility index (Phi) is 4.96. The van der Waals surface area contributed by atoms with Gasteiger partial charge >= 0.3 is 0 Å². The van der Waals surface area contributed by atoms with E-state index < -0.39 is 9.84 Å². The van der Waals surface area contributed by atoms with Gasteiger partial charge in [-0.25, -0.2) is 18.4 Å². The monoisotopic (exact) mass is 436 g/mol. The number of nitrogens with zero attached hydrogens (tertiary/aromatic N) is 3. The zero-order valence-electron chi connectivity index (χ0n) is 15.5. The van der Waals surface area contributed by atoms with Crippen LogP contribution in [-0.2, 0) is 9.84 Å². The second kappa shape index (κ2) is 7.16. The van der Waals surface area contributed by atoms with Gasteiger partial charge in [0.15, 0.2) is 20.8 Å². The maximum Gasteiger partial charge on any atom is 0.191 e. The highest BCUT2D eigenvalue weighted by Crippen LogP contribution is 2.30. The van der Waals surface area contributed by atoms with E-state index >= 15 is 0 Å². The van der Waals surface area contributed by atoms with Gasteiger partial charge in [0.2, 0.25) is 0 Å². The number of nitrogen functional groups attached to an aromatic ring is 1. The van der Waals surface area contributed by atoms with Gasteiger partial charge in [-0.15, -0.1) is 11.3 Å². The van der Waals surface area contributed by atoms with Crippen LogP contribution in [0, 0.1) is 13.8 Å². The molecular weight excluding hydrogens is 416 g/mol. The summed E-state index contributed by atoms with van der Waals surface area (Å²) in [5, 5.41) is 3.22. The molecule has 148 valence electrons. The molecule has 0 radical (unpaired) electrons. The van der Waals surface area contributed by atoms with Crippen molar-refractivity contribution in [2.75, 3.05) is 23.0 Å². The Labute approximate surface area is 171 Å². The zero-order chi connectivity index (χ0) is 20.1. The van der Waals surface area contributed by atoms with Crippen LogP contribution in [0.15, 0.2) is 22.7 Å². The average molecular weight is 437 g/mol. The Balaban J connectivity index is 1.53. The van der Waals surface area contributed by atoms with E-state index in [1.807, 2.05) is 35.9 Å². The molecule has 3 aromatic rings. The fourth-order valence-corrected chi connectivity index (χ4v) is 6.99. The molecular formula is C18H20N4O3S3. The highest BCUT2D eigenvalue weighted by atomic mass is 32.2. The van der Waals surface area contributed by atoms with Crippen LogP contribution in [0.3, 0.4) is 0 Å². The molecule has 3 aromatic heterocycles. The van der Waals surface area contributed by atoms with Gasteiger partial charge in [-0.3, -0.25) is 4.79 Å². The number of nitrogens with two attached hydrogens (primary N) is 1. The van der Waals surface area contributed by atoms with E-state index in [-0.39, 0.29) is 29.1 Å². The summed E-state index contributed by atoms with van der Waals surface area (Å²) in [6, 6.07) is 3.64. The number of hydrogen-bond acceptors (Lipinski definition) is 8. The average Bonchev–Trinajstić information content (AvgIpc) is 3.30. The summed E-state index contributed by atoms with van der Waals surface area (Å²) in [6.07, 6.45) is 0.592. The lowest BCUT2D eigenvalue weighted by Gasteiger charge is -2.16. The molecule has 1 aliphatic rings. The standard InChI is InChI=1S/C18H20N4O3S3/c1-10-7-14(11(2)22(10)12-4-6-28(24,25)9-12)15(23)8-27-18-20-16(19)13-3-5-26-17(13)21-18/h3,5,7,12H,4,6,8-9H2,1-2H3,(H2,19,20,21)/t12-/m0/s1. The first kappa shape index (κ1) is 19.4. The van der Waals surface area contributed by atoms with E-state index in [4.69, 9.17) is 5.73 Å². The number of anilines is 1. The van der Waals surface area contributed by atoms with Crippen LogP contribution in [0.5, 0.6) is 0 Å². The van der Waals surface area contributed by atoms with Crippen molar-refractivity contribution in [3.05, 3.63) is 34.5 Å². The van der Waals surface area contributed by atoms with E-state index in [2.05, 4.69) is 9.97 Å². The first-order valence-corrected chi connectivity index (χ1v) is 12.5. The minimum Gasteiger partial charge on any atom is -0.383 e. The van der Waals surface area contributed by atoms with Gasteiger partial charge in [-0.2, -0.15) is 0 Å². The van der Waals surface area contributed by atoms with Crippen molar-refractivity contribution in [2.24, 2.45) is 0 Å². The number of sulfone groups is 1. The van der Waals surface area contributed by atoms with E-state index in [9.17, 15) is 13.2 Å². The molecule has 7 nitrogen and oxygen atoms in total. The molecule has 2 N–H and O–H groups in total. The van der Waals surface area contributed by atoms with Crippen LogP contribution in [-0.4, -0.2) is 46.0 Å². The Hall–Kier alpha value is -1.91. The van der Waals surface area contributed by atoms with Crippen molar-refractivity contribution >= 4 is 54.8 Å². The van der Waals surface area contributed by atoms with Crippen molar-refractivity contribution in [3.63, 3.8) is 0 Å². The topological polar surface area (TPSA) is 108 Å². The Morgan fingerprint density at radius 1 is 1.39 bits per heavy atom. The fourth-order valence-electron chi connectivity index (χ4n) is 3.73. The summed E-state index contributed by atoms with van der Waals surface area (Å²) >= 11 is 2.75. The van der Waals surface area contributed by atoms with Crippen LogP contribution in [0.25, 0.3) is 10.2 Å². The number of hydrogen-bond donors (Lipinski definition) is 1. The highest BCUT2D eigenvalue weighted by Gasteiger charge is 2.31. The van der Waals surface area contributed by atoms with Crippen molar-refractivity contribution in [1.82, 2.24) is 14.5 Å². The van der Waals surface area contributed by atoms with Gasteiger partial charge in [-0.05, 0) is 37.8 Å². The van der Waals surface area contributed by atoms with E-state index in [1.165, 1.54) is 23.1 Å². The molecule has 28 heavy (non-hydrogen) atoms. The first-order valence-electron chi connectivity index (χ1n) is 8.81. The molecule has 0 aliphatic carbocycles. The van der Waals surface area contributed by atoms with Gasteiger partial charge in [0.05, 0.1) is 22.6 Å². The third-order valence-corrected chi connectivity index (χ3v) is 8.43. The van der Waals surface area contributed by atoms with Gasteiger partial charge in [0.1, 0.15) is 10.6 Å². The van der Waals surface area contributed by atoms with Crippen LogP contribution in [0.2, 0.25) is 0 Å². The molecule has 1 saturated heterocycles. The zero-order valence-corrected chi connectivity index (χ0v) is 18.0. The quantitative estimate of drug-likeness (QED) is 0.372. The Morgan fingerprint density at radius 2 is 2.18 bits per heavy atom. The molecule has 0 aromatic carbocycles. The molecule has 1 aliphatic heterocycles. The van der Waals surface area contributed by atoms with E-state index in [0.717, 1.165) is 21.6 Å². The van der Waals surface area contributed by atoms with Gasteiger partial charge < -0.3 is 10.3 Å². The molecule has 10 heteroatoms. The molecule has 0 spiro atoms. The van der Waals surface area contributed by atoms with Crippen molar-refractivity contribution in [3.8, 4) is 0 Å². The smallest absolute Gasteiger partial charge is 0.191 e. The minimum absolute atomic E-state index is 0.0290. The summed E-state index contributed by atoms with van der Waals surface area (Å²) in [5.74, 6) is 0.932. The number of fused-ring (bicyclic) bond motifs is 1. The lowest BCUT2D eigenvalue weighted by molar-refractivity contribution is 0.102. The summed E-state index contributed by atoms with van der Waals surface area (Å²) in [7, 11) is -2.99. The number of aromatic nitrogens is 3. The van der Waals surface area contributed by atoms with Gasteiger partial charge in [-0.1, -0.05) is 11.8 Å². The molecule has 0 saturated carbocycles. The Bertz CT molecular complexity index is 1180. The summed E-state index contributed by atoms with van der Waals surface area (Å²) in [4.78, 5) is 22.3. The number of aryl methyl sites for hydroxylation is 1. The minimum atomic E-state index is -2.99. The molecule has 0 amide bonds. The highest BCUT2D eigenvalue weighted by molar-refractivity contribution is 7.99. The van der Waals surface area contributed by atoms with Crippen LogP contribution >= 0.6 is 23.1 Å². The lowest BCUT2D eigenvalue weighted by atomic mass is 10.2. The molecule has 0 bridgehead atoms. The van der Waals surface area contributed by atoms with Crippen LogP contribution in [0.4, 0.5) is 5.82 Å². The maximum atomic E-state index is 12.8. The summed E-state index contributed by atoms with van der Waals surface area (Å²) in [6.45, 7) is 3.79. The maximum absolute atomic E-state index is 12.8. The predicted molar refractivity (Wildman–Crippen MR) is 113 cm³/mol. The number of carbonyl (C=O) groups excluding carboxylic acids is 1. The van der Waals surface area contributed by atoms with Crippen LogP contribution < -0.4 is 5.73 Å². The SMILES string of the molecule is Cc1cc(C(=O)CSc2nc(N)c3ccsc3n2)c(C)n1[C@H]1CCS(=O)(=O)C1. The number of thioether (sulfide) groups is 1. The number of carbonyl (C=O) groups is 1. The molecule has 1 fully saturated rings. The van der Waals surface area contributed by atoms with E-state index in [1.54, 1.807) is 0 Å². The number of thiophene rings is 1. The van der Waals surface area contributed by atoms with Gasteiger partial charge in [0.25, 0.3) is 0 Å². The van der Waals surface area contributed by atoms with Crippen molar-refractivity contribution in [1.29, 1.82) is 0 Å². The first-order chi connectivity index (χ1) is 13.2. The predicted octanol–water partition coefficient (Wildman–Crippen LogP) is 3.03. The number of Topliss-reactive ketones (excluding diaryl/α,β-unsaturated/α-hetero) is 1. The molecule has 0 unspecified atom stereocenters. The number of rotatable bonds is 5. The summed E-state index contributed by atoms with van der Waals surface area (Å²) < 4.78 is 25.7. The van der Waals surface area contributed by atoms with Crippen molar-refractivity contribution < 1.29 is 13.2 Å². The second-order valence-corrected chi connectivity index (χ2v) is 11.0. The molecule has 1 atom stereocenters. The normalized spacial score (nSPS) is 18.7. The third kappa shape index (κ3) is 3.56. The second-order valence-electron chi connectivity index (χ2n) is 6.95. The van der Waals surface area contributed by atoms with Crippen LogP contribution in [0.1, 0.15) is 34.2 Å².